The van der Waals surface area contributed by atoms with Crippen molar-refractivity contribution < 1.29 is 0 Å². The summed E-state index contributed by atoms with van der Waals surface area (Å²) in [6, 6.07) is 0. The molecule has 0 aliphatic rings. The molecule has 0 heteroatoms. The van der Waals surface area contributed by atoms with Gasteiger partial charge in [-0.25, -0.2) is 0 Å². The van der Waals surface area contributed by atoms with Crippen molar-refractivity contribution in [2.24, 2.45) is 29.6 Å². The summed E-state index contributed by atoms with van der Waals surface area (Å²) >= 11 is 0. The third-order valence-corrected chi connectivity index (χ3v) is 5.66. The Balaban J connectivity index is -0.000000187. The number of rotatable bonds is 11. The Morgan fingerprint density at radius 3 is 1.24 bits per heavy atom. The highest BCUT2D eigenvalue weighted by Gasteiger charge is 2.21. The first-order valence-electron chi connectivity index (χ1n) is 11.4. The molecule has 0 saturated heterocycles. The summed E-state index contributed by atoms with van der Waals surface area (Å²) in [6.45, 7) is 25.0. The van der Waals surface area contributed by atoms with Crippen molar-refractivity contribution in [3.05, 3.63) is 0 Å². The second-order valence-electron chi connectivity index (χ2n) is 7.88. The van der Waals surface area contributed by atoms with Gasteiger partial charge in [-0.05, 0) is 36.0 Å². The van der Waals surface area contributed by atoms with Gasteiger partial charge in [-0.1, -0.05) is 129 Å². The molecule has 0 aliphatic carbocycles. The Morgan fingerprint density at radius 1 is 0.560 bits per heavy atom. The Kier molecular flexibility index (Phi) is 31.3. The summed E-state index contributed by atoms with van der Waals surface area (Å²) in [7, 11) is 0. The zero-order valence-corrected chi connectivity index (χ0v) is 19.5. The van der Waals surface area contributed by atoms with Gasteiger partial charge in [0.25, 0.3) is 0 Å². The molecular formula is C25H58. The molecule has 0 aromatic heterocycles. The number of hydrogen-bond donors (Lipinski definition) is 0. The molecule has 0 aromatic carbocycles. The molecular weight excluding hydrogens is 300 g/mol. The predicted octanol–water partition coefficient (Wildman–Crippen LogP) is 10.0. The highest BCUT2D eigenvalue weighted by atomic mass is 14.3. The van der Waals surface area contributed by atoms with E-state index in [1.807, 2.05) is 13.8 Å². The first-order chi connectivity index (χ1) is 11.4. The maximum Gasteiger partial charge on any atom is -0.0365 e. The second kappa shape index (κ2) is 24.0. The van der Waals surface area contributed by atoms with Gasteiger partial charge < -0.3 is 0 Å². The molecule has 4 unspecified atom stereocenters. The van der Waals surface area contributed by atoms with E-state index >= 15 is 0 Å². The Labute approximate surface area is 165 Å². The molecule has 0 amide bonds. The fourth-order valence-corrected chi connectivity index (χ4v) is 3.47. The van der Waals surface area contributed by atoms with Crippen molar-refractivity contribution in [1.29, 1.82) is 0 Å². The smallest absolute Gasteiger partial charge is 0.0365 e. The zero-order valence-electron chi connectivity index (χ0n) is 19.5. The first kappa shape index (κ1) is 32.7. The van der Waals surface area contributed by atoms with Crippen LogP contribution in [0.3, 0.4) is 0 Å². The zero-order chi connectivity index (χ0) is 19.5. The SMILES string of the molecule is C.CC.CCC(C)CCC(CC)C(CC)C(C)C.CCCC(C)CC. The third kappa shape index (κ3) is 20.2. The van der Waals surface area contributed by atoms with Crippen LogP contribution in [-0.2, 0) is 0 Å². The molecule has 0 aromatic rings. The molecule has 0 aliphatic heterocycles. The van der Waals surface area contributed by atoms with Crippen molar-refractivity contribution in [2.75, 3.05) is 0 Å². The molecule has 0 spiro atoms. The summed E-state index contributed by atoms with van der Waals surface area (Å²) in [6.07, 6.45) is 11.0. The largest absolute Gasteiger partial charge is 0.0776 e. The van der Waals surface area contributed by atoms with Gasteiger partial charge in [-0.2, -0.15) is 0 Å². The van der Waals surface area contributed by atoms with Gasteiger partial charge in [-0.3, -0.25) is 0 Å². The van der Waals surface area contributed by atoms with Gasteiger partial charge >= 0.3 is 0 Å². The summed E-state index contributed by atoms with van der Waals surface area (Å²) in [5, 5.41) is 0. The maximum absolute atomic E-state index is 2.39. The molecule has 0 saturated carbocycles. The fourth-order valence-electron chi connectivity index (χ4n) is 3.47. The lowest BCUT2D eigenvalue weighted by Gasteiger charge is -2.29. The molecule has 0 bridgehead atoms. The van der Waals surface area contributed by atoms with Gasteiger partial charge in [0.2, 0.25) is 0 Å². The minimum atomic E-state index is 0. The van der Waals surface area contributed by atoms with Crippen LogP contribution in [0.5, 0.6) is 0 Å². The van der Waals surface area contributed by atoms with Crippen LogP contribution in [0.4, 0.5) is 0 Å². The maximum atomic E-state index is 2.39. The minimum absolute atomic E-state index is 0. The van der Waals surface area contributed by atoms with Crippen LogP contribution >= 0.6 is 0 Å². The van der Waals surface area contributed by atoms with E-state index in [2.05, 4.69) is 62.3 Å². The standard InChI is InChI=1S/C15H32.C7H16.C2H6.CH4/c1-7-13(6)10-11-14(8-2)15(9-3)12(4)5;1-4-6-7(3)5-2;1-2;/h12-15H,7-11H2,1-6H3;7H,4-6H2,1-3H3;1-2H3;1H4. The van der Waals surface area contributed by atoms with Gasteiger partial charge in [0.1, 0.15) is 0 Å². The van der Waals surface area contributed by atoms with E-state index in [9.17, 15) is 0 Å². The summed E-state index contributed by atoms with van der Waals surface area (Å²) < 4.78 is 0. The molecule has 0 radical (unpaired) electrons. The monoisotopic (exact) mass is 358 g/mol. The quantitative estimate of drug-likeness (QED) is 0.344. The highest BCUT2D eigenvalue weighted by Crippen LogP contribution is 2.31. The third-order valence-electron chi connectivity index (χ3n) is 5.66. The highest BCUT2D eigenvalue weighted by molar-refractivity contribution is 4.71. The Bertz CT molecular complexity index is 206. The van der Waals surface area contributed by atoms with E-state index in [4.69, 9.17) is 0 Å². The molecule has 0 heterocycles. The van der Waals surface area contributed by atoms with Crippen molar-refractivity contribution >= 4 is 0 Å². The molecule has 0 fully saturated rings. The van der Waals surface area contributed by atoms with Crippen molar-refractivity contribution in [1.82, 2.24) is 0 Å². The van der Waals surface area contributed by atoms with E-state index in [0.717, 1.165) is 29.6 Å². The Morgan fingerprint density at radius 2 is 1.00 bits per heavy atom. The fraction of sp³-hybridized carbons (Fsp3) is 1.00. The van der Waals surface area contributed by atoms with E-state index < -0.39 is 0 Å². The van der Waals surface area contributed by atoms with Crippen LogP contribution in [0.25, 0.3) is 0 Å². The summed E-state index contributed by atoms with van der Waals surface area (Å²) in [5.74, 6) is 4.63. The van der Waals surface area contributed by atoms with Gasteiger partial charge in [0, 0.05) is 0 Å². The van der Waals surface area contributed by atoms with E-state index in [1.165, 1.54) is 51.4 Å². The van der Waals surface area contributed by atoms with Gasteiger partial charge in [0.15, 0.2) is 0 Å². The van der Waals surface area contributed by atoms with Crippen LogP contribution < -0.4 is 0 Å². The topological polar surface area (TPSA) is 0 Å². The molecule has 0 N–H and O–H groups in total. The van der Waals surface area contributed by atoms with E-state index in [0.29, 0.717) is 0 Å². The molecule has 158 valence electrons. The van der Waals surface area contributed by atoms with Crippen LogP contribution in [0.1, 0.15) is 135 Å². The minimum Gasteiger partial charge on any atom is -0.0776 e. The second-order valence-corrected chi connectivity index (χ2v) is 7.88. The molecule has 0 nitrogen and oxygen atoms in total. The van der Waals surface area contributed by atoms with Gasteiger partial charge in [-0.15, -0.1) is 0 Å². The average Bonchev–Trinajstić information content (AvgIpc) is 2.60. The van der Waals surface area contributed by atoms with Crippen LogP contribution in [-0.4, -0.2) is 0 Å². The summed E-state index contributed by atoms with van der Waals surface area (Å²) in [5.41, 5.74) is 0. The van der Waals surface area contributed by atoms with Crippen molar-refractivity contribution in [2.45, 2.75) is 135 Å². The average molecular weight is 359 g/mol. The lowest BCUT2D eigenvalue weighted by Crippen LogP contribution is -2.19. The summed E-state index contributed by atoms with van der Waals surface area (Å²) in [4.78, 5) is 0. The molecule has 4 atom stereocenters. The van der Waals surface area contributed by atoms with Crippen LogP contribution in [0.15, 0.2) is 0 Å². The lowest BCUT2D eigenvalue weighted by atomic mass is 9.77. The molecule has 0 rings (SSSR count). The van der Waals surface area contributed by atoms with E-state index in [-0.39, 0.29) is 7.43 Å². The van der Waals surface area contributed by atoms with Crippen molar-refractivity contribution in [3.63, 3.8) is 0 Å². The lowest BCUT2D eigenvalue weighted by molar-refractivity contribution is 0.213. The van der Waals surface area contributed by atoms with Crippen LogP contribution in [0.2, 0.25) is 0 Å². The predicted molar refractivity (Wildman–Crippen MR) is 124 cm³/mol. The normalized spacial score (nSPS) is 14.9. The van der Waals surface area contributed by atoms with Crippen LogP contribution in [0, 0.1) is 29.6 Å². The molecule has 25 heavy (non-hydrogen) atoms. The van der Waals surface area contributed by atoms with E-state index in [1.54, 1.807) is 0 Å². The first-order valence-corrected chi connectivity index (χ1v) is 11.4. The Hall–Kier alpha value is 0. The van der Waals surface area contributed by atoms with Crippen molar-refractivity contribution in [3.8, 4) is 0 Å². The number of hydrogen-bond acceptors (Lipinski definition) is 0. The van der Waals surface area contributed by atoms with Gasteiger partial charge in [0.05, 0.1) is 0 Å².